The zero-order valence-corrected chi connectivity index (χ0v) is 11.8. The molecule has 1 aromatic rings. The van der Waals surface area contributed by atoms with Gasteiger partial charge in [-0.15, -0.1) is 11.8 Å². The van der Waals surface area contributed by atoms with Gasteiger partial charge in [-0.1, -0.05) is 31.7 Å². The predicted octanol–water partition coefficient (Wildman–Crippen LogP) is 4.23. The minimum absolute atomic E-state index is 0.133. The Balaban J connectivity index is 2.03. The molecule has 2 atom stereocenters. The van der Waals surface area contributed by atoms with Gasteiger partial charge in [0.25, 0.3) is 0 Å². The number of hydrogen-bond acceptors (Lipinski definition) is 2. The van der Waals surface area contributed by atoms with Crippen molar-refractivity contribution >= 4 is 11.8 Å². The average Bonchev–Trinajstić information content (AvgIpc) is 2.33. The molecule has 0 saturated heterocycles. The number of nitrogens with one attached hydrogen (secondary N) is 1. The number of halogens is 1. The van der Waals surface area contributed by atoms with Gasteiger partial charge >= 0.3 is 0 Å². The Labute approximate surface area is 114 Å². The first-order valence-corrected chi connectivity index (χ1v) is 7.77. The van der Waals surface area contributed by atoms with Crippen molar-refractivity contribution in [3.8, 4) is 0 Å². The number of rotatable bonds is 3. The smallest absolute Gasteiger partial charge is 0.124 e. The maximum atomic E-state index is 13.2. The van der Waals surface area contributed by atoms with Crippen molar-refractivity contribution < 1.29 is 4.39 Å². The number of hydrogen-bond donors (Lipinski definition) is 1. The predicted molar refractivity (Wildman–Crippen MR) is 76.6 cm³/mol. The summed E-state index contributed by atoms with van der Waals surface area (Å²) < 4.78 is 13.2. The van der Waals surface area contributed by atoms with Gasteiger partial charge in [-0.25, -0.2) is 4.39 Å². The van der Waals surface area contributed by atoms with E-state index in [1.165, 1.54) is 44.6 Å². The van der Waals surface area contributed by atoms with Crippen LogP contribution in [0.4, 0.5) is 4.39 Å². The average molecular weight is 267 g/mol. The molecule has 0 heterocycles. The Morgan fingerprint density at radius 3 is 2.67 bits per heavy atom. The first kappa shape index (κ1) is 13.9. The lowest BCUT2D eigenvalue weighted by atomic mass is 9.96. The Morgan fingerprint density at radius 1 is 1.17 bits per heavy atom. The minimum atomic E-state index is -0.133. The Hall–Kier alpha value is -0.540. The van der Waals surface area contributed by atoms with Gasteiger partial charge in [0.2, 0.25) is 0 Å². The molecule has 1 aromatic carbocycles. The van der Waals surface area contributed by atoms with Crippen LogP contribution in [-0.2, 0) is 0 Å². The first-order chi connectivity index (χ1) is 8.79. The molecule has 1 N–H and O–H groups in total. The normalized spacial score (nSPS) is 25.4. The fourth-order valence-corrected chi connectivity index (χ4v) is 4.05. The molecule has 18 heavy (non-hydrogen) atoms. The number of thioether (sulfide) groups is 1. The molecule has 0 bridgehead atoms. The lowest BCUT2D eigenvalue weighted by molar-refractivity contribution is 0.420. The van der Waals surface area contributed by atoms with E-state index in [0.717, 1.165) is 4.90 Å². The largest absolute Gasteiger partial charge is 0.316 e. The molecular formula is C15H22FNS. The summed E-state index contributed by atoms with van der Waals surface area (Å²) in [6.45, 7) is 0. The highest BCUT2D eigenvalue weighted by Crippen LogP contribution is 2.32. The summed E-state index contributed by atoms with van der Waals surface area (Å²) in [5.74, 6) is -0.133. The van der Waals surface area contributed by atoms with E-state index in [9.17, 15) is 4.39 Å². The topological polar surface area (TPSA) is 12.0 Å². The van der Waals surface area contributed by atoms with E-state index < -0.39 is 0 Å². The maximum Gasteiger partial charge on any atom is 0.124 e. The molecule has 2 unspecified atom stereocenters. The summed E-state index contributed by atoms with van der Waals surface area (Å²) in [6, 6.07) is 7.53. The van der Waals surface area contributed by atoms with Gasteiger partial charge in [0.15, 0.2) is 0 Å². The molecule has 2 rings (SSSR count). The number of benzene rings is 1. The fraction of sp³-hybridized carbons (Fsp3) is 0.600. The van der Waals surface area contributed by atoms with E-state index in [1.807, 2.05) is 24.9 Å². The monoisotopic (exact) mass is 267 g/mol. The van der Waals surface area contributed by atoms with Crippen LogP contribution in [0.2, 0.25) is 0 Å². The van der Waals surface area contributed by atoms with E-state index in [2.05, 4.69) is 5.32 Å². The summed E-state index contributed by atoms with van der Waals surface area (Å²) in [6.07, 6.45) is 7.78. The quantitative estimate of drug-likeness (QED) is 0.879. The van der Waals surface area contributed by atoms with Crippen LogP contribution in [0.15, 0.2) is 29.2 Å². The van der Waals surface area contributed by atoms with Crippen molar-refractivity contribution in [2.45, 2.75) is 54.7 Å². The van der Waals surface area contributed by atoms with Crippen LogP contribution in [0, 0.1) is 5.82 Å². The van der Waals surface area contributed by atoms with Crippen LogP contribution in [0.25, 0.3) is 0 Å². The summed E-state index contributed by atoms with van der Waals surface area (Å²) in [4.78, 5) is 1.06. The molecule has 0 aliphatic heterocycles. The second kappa shape index (κ2) is 7.15. The SMILES string of the molecule is CNC1CCCCCCC1Sc1cccc(F)c1. The highest BCUT2D eigenvalue weighted by molar-refractivity contribution is 8.00. The Kier molecular flexibility index (Phi) is 5.51. The zero-order chi connectivity index (χ0) is 12.8. The Morgan fingerprint density at radius 2 is 1.94 bits per heavy atom. The molecule has 0 aromatic heterocycles. The van der Waals surface area contributed by atoms with Crippen molar-refractivity contribution in [1.82, 2.24) is 5.32 Å². The molecular weight excluding hydrogens is 245 g/mol. The van der Waals surface area contributed by atoms with E-state index >= 15 is 0 Å². The summed E-state index contributed by atoms with van der Waals surface area (Å²) in [5.41, 5.74) is 0. The molecule has 0 radical (unpaired) electrons. The van der Waals surface area contributed by atoms with Gasteiger partial charge < -0.3 is 5.32 Å². The maximum absolute atomic E-state index is 13.2. The molecule has 1 aliphatic carbocycles. The summed E-state index contributed by atoms with van der Waals surface area (Å²) in [7, 11) is 2.05. The van der Waals surface area contributed by atoms with Crippen LogP contribution in [0.1, 0.15) is 38.5 Å². The minimum Gasteiger partial charge on any atom is -0.316 e. The first-order valence-electron chi connectivity index (χ1n) is 6.89. The standard InChI is InChI=1S/C15H22FNS/c1-17-14-9-4-2-3-5-10-15(14)18-13-8-6-7-12(16)11-13/h6-8,11,14-15,17H,2-5,9-10H2,1H3. The molecule has 3 heteroatoms. The van der Waals surface area contributed by atoms with Crippen molar-refractivity contribution in [2.24, 2.45) is 0 Å². The van der Waals surface area contributed by atoms with Gasteiger partial charge in [-0.05, 0) is 38.1 Å². The van der Waals surface area contributed by atoms with Crippen LogP contribution < -0.4 is 5.32 Å². The van der Waals surface area contributed by atoms with Crippen LogP contribution in [0.5, 0.6) is 0 Å². The molecule has 1 aliphatic rings. The van der Waals surface area contributed by atoms with Gasteiger partial charge in [0.1, 0.15) is 5.82 Å². The third-order valence-corrected chi connectivity index (χ3v) is 5.05. The van der Waals surface area contributed by atoms with Crippen molar-refractivity contribution in [3.05, 3.63) is 30.1 Å². The van der Waals surface area contributed by atoms with Gasteiger partial charge in [-0.3, -0.25) is 0 Å². The summed E-state index contributed by atoms with van der Waals surface area (Å²) in [5, 5.41) is 4.01. The highest BCUT2D eigenvalue weighted by Gasteiger charge is 2.22. The lowest BCUT2D eigenvalue weighted by Gasteiger charge is -2.28. The van der Waals surface area contributed by atoms with Crippen LogP contribution in [0.3, 0.4) is 0 Å². The second-order valence-electron chi connectivity index (χ2n) is 5.00. The van der Waals surface area contributed by atoms with Gasteiger partial charge in [0.05, 0.1) is 0 Å². The summed E-state index contributed by atoms with van der Waals surface area (Å²) >= 11 is 1.83. The molecule has 1 saturated carbocycles. The van der Waals surface area contributed by atoms with Crippen molar-refractivity contribution in [1.29, 1.82) is 0 Å². The van der Waals surface area contributed by atoms with Crippen molar-refractivity contribution in [2.75, 3.05) is 7.05 Å². The van der Waals surface area contributed by atoms with E-state index in [1.54, 1.807) is 12.1 Å². The van der Waals surface area contributed by atoms with Gasteiger partial charge in [0, 0.05) is 16.2 Å². The van der Waals surface area contributed by atoms with E-state index in [0.29, 0.717) is 11.3 Å². The molecule has 0 amide bonds. The third-order valence-electron chi connectivity index (χ3n) is 3.66. The third kappa shape index (κ3) is 3.99. The van der Waals surface area contributed by atoms with Crippen molar-refractivity contribution in [3.63, 3.8) is 0 Å². The second-order valence-corrected chi connectivity index (χ2v) is 6.31. The van der Waals surface area contributed by atoms with E-state index in [-0.39, 0.29) is 5.82 Å². The molecule has 0 spiro atoms. The fourth-order valence-electron chi connectivity index (χ4n) is 2.64. The molecule has 1 fully saturated rings. The van der Waals surface area contributed by atoms with E-state index in [4.69, 9.17) is 0 Å². The highest BCUT2D eigenvalue weighted by atomic mass is 32.2. The Bertz CT molecular complexity index is 369. The molecule has 1 nitrogen and oxygen atoms in total. The van der Waals surface area contributed by atoms with Crippen LogP contribution in [-0.4, -0.2) is 18.3 Å². The molecule has 100 valence electrons. The van der Waals surface area contributed by atoms with Crippen LogP contribution >= 0.6 is 11.8 Å². The zero-order valence-electron chi connectivity index (χ0n) is 11.0. The van der Waals surface area contributed by atoms with Gasteiger partial charge in [-0.2, -0.15) is 0 Å². The lowest BCUT2D eigenvalue weighted by Crippen LogP contribution is -2.36.